The summed E-state index contributed by atoms with van der Waals surface area (Å²) in [5.41, 5.74) is 4.19. The van der Waals surface area contributed by atoms with Crippen LogP contribution in [0, 0.1) is 6.92 Å². The maximum Gasteiger partial charge on any atom is 0.415 e. The number of hydrogen-bond donors (Lipinski definition) is 2. The predicted molar refractivity (Wildman–Crippen MR) is 174 cm³/mol. The van der Waals surface area contributed by atoms with E-state index in [4.69, 9.17) is 21.1 Å². The molecule has 43 heavy (non-hydrogen) atoms. The van der Waals surface area contributed by atoms with Crippen LogP contribution in [0.3, 0.4) is 0 Å². The SMILES string of the molecule is CNCCN(C)C(=O)Oc1cc2c(c3c(C)csc13)[C@H](CCl)CN2C(=O)c1cc2cc(OCCN3CCCC3)ccc2[nH]1. The minimum atomic E-state index is -0.443. The van der Waals surface area contributed by atoms with E-state index in [2.05, 4.69) is 20.6 Å². The Bertz CT molecular complexity index is 1650. The highest BCUT2D eigenvalue weighted by Crippen LogP contribution is 2.49. The van der Waals surface area contributed by atoms with Crippen LogP contribution in [0.2, 0.25) is 0 Å². The monoisotopic (exact) mass is 623 g/mol. The molecule has 6 rings (SSSR count). The number of fused-ring (bicyclic) bond motifs is 4. The number of hydrogen-bond acceptors (Lipinski definition) is 7. The zero-order valence-corrected chi connectivity index (χ0v) is 26.4. The zero-order valence-electron chi connectivity index (χ0n) is 24.9. The molecule has 0 aliphatic carbocycles. The van der Waals surface area contributed by atoms with Gasteiger partial charge in [0, 0.05) is 67.4 Å². The van der Waals surface area contributed by atoms with E-state index in [-0.39, 0.29) is 11.8 Å². The van der Waals surface area contributed by atoms with Crippen LogP contribution in [-0.2, 0) is 0 Å². The van der Waals surface area contributed by atoms with Crippen LogP contribution >= 0.6 is 22.9 Å². The largest absolute Gasteiger partial charge is 0.492 e. The molecule has 0 unspecified atom stereocenters. The number of benzene rings is 2. The Morgan fingerprint density at radius 3 is 2.79 bits per heavy atom. The second kappa shape index (κ2) is 12.7. The number of likely N-dealkylation sites (tertiary alicyclic amines) is 1. The van der Waals surface area contributed by atoms with Gasteiger partial charge in [0.15, 0.2) is 5.75 Å². The molecule has 2 aliphatic rings. The van der Waals surface area contributed by atoms with Gasteiger partial charge in [-0.15, -0.1) is 22.9 Å². The lowest BCUT2D eigenvalue weighted by Gasteiger charge is -2.20. The summed E-state index contributed by atoms with van der Waals surface area (Å²) < 4.78 is 12.9. The molecule has 2 N–H and O–H groups in total. The number of carbonyl (C=O) groups is 2. The number of aryl methyl sites for hydroxylation is 1. The average molecular weight is 624 g/mol. The molecule has 2 aromatic carbocycles. The van der Waals surface area contributed by atoms with Gasteiger partial charge in [0.1, 0.15) is 18.1 Å². The number of anilines is 1. The standard InChI is InChI=1S/C32H38ClN5O4S/c1-20-19-43-30-27(42-32(40)36(3)11-8-34-2)16-26-29(28(20)30)22(17-33)18-38(26)31(39)25-15-21-14-23(6-7-24(21)35-25)41-13-12-37-9-4-5-10-37/h6-7,14-16,19,22,34-35H,4-5,8-13,17-18H2,1-3H3/t22-/m1/s1. The van der Waals surface area contributed by atoms with Crippen molar-refractivity contribution >= 4 is 61.6 Å². The van der Waals surface area contributed by atoms with Gasteiger partial charge in [-0.3, -0.25) is 9.69 Å². The topological polar surface area (TPSA) is 90.1 Å². The summed E-state index contributed by atoms with van der Waals surface area (Å²) in [5, 5.41) is 7.03. The number of alkyl halides is 1. The second-order valence-electron chi connectivity index (χ2n) is 11.4. The van der Waals surface area contributed by atoms with E-state index >= 15 is 0 Å². The van der Waals surface area contributed by atoms with Crippen LogP contribution in [0.4, 0.5) is 10.5 Å². The molecular weight excluding hydrogens is 586 g/mol. The molecule has 1 saturated heterocycles. The van der Waals surface area contributed by atoms with Crippen LogP contribution < -0.4 is 19.7 Å². The number of aromatic nitrogens is 1. The lowest BCUT2D eigenvalue weighted by molar-refractivity contribution is 0.0984. The number of rotatable bonds is 10. The minimum absolute atomic E-state index is 0.0422. The van der Waals surface area contributed by atoms with Gasteiger partial charge < -0.3 is 29.6 Å². The molecule has 0 bridgehead atoms. The molecule has 4 heterocycles. The van der Waals surface area contributed by atoms with Gasteiger partial charge in [0.25, 0.3) is 5.91 Å². The van der Waals surface area contributed by atoms with E-state index < -0.39 is 6.09 Å². The molecule has 2 aliphatic heterocycles. The molecule has 2 aromatic heterocycles. The Hall–Kier alpha value is -3.31. The summed E-state index contributed by atoms with van der Waals surface area (Å²) in [6.45, 7) is 7.50. The van der Waals surface area contributed by atoms with E-state index in [1.54, 1.807) is 11.9 Å². The number of H-pyrrole nitrogens is 1. The van der Waals surface area contributed by atoms with Crippen molar-refractivity contribution < 1.29 is 19.1 Å². The molecule has 0 radical (unpaired) electrons. The van der Waals surface area contributed by atoms with Gasteiger partial charge in [-0.05, 0) is 80.7 Å². The van der Waals surface area contributed by atoms with E-state index in [1.807, 2.05) is 44.3 Å². The third-order valence-electron chi connectivity index (χ3n) is 8.45. The number of thiophene rings is 1. The van der Waals surface area contributed by atoms with Gasteiger partial charge in [0.05, 0.1) is 10.4 Å². The van der Waals surface area contributed by atoms with Gasteiger partial charge in [-0.25, -0.2) is 4.79 Å². The lowest BCUT2D eigenvalue weighted by atomic mass is 9.97. The molecular formula is C32H38ClN5O4S. The fourth-order valence-corrected chi connectivity index (χ4v) is 7.37. The highest BCUT2D eigenvalue weighted by atomic mass is 35.5. The first-order valence-corrected chi connectivity index (χ1v) is 16.3. The van der Waals surface area contributed by atoms with Crippen molar-refractivity contribution in [3.05, 3.63) is 52.5 Å². The molecule has 1 atom stereocenters. The normalized spacial score (nSPS) is 16.7. The predicted octanol–water partition coefficient (Wildman–Crippen LogP) is 5.80. The Labute approximate surface area is 260 Å². The van der Waals surface area contributed by atoms with E-state index in [1.165, 1.54) is 29.1 Å². The summed E-state index contributed by atoms with van der Waals surface area (Å²) in [6, 6.07) is 9.58. The quantitative estimate of drug-likeness (QED) is 0.217. The van der Waals surface area contributed by atoms with E-state index in [9.17, 15) is 9.59 Å². The smallest absolute Gasteiger partial charge is 0.415 e. The highest BCUT2D eigenvalue weighted by molar-refractivity contribution is 7.17. The fraction of sp³-hybridized carbons (Fsp3) is 0.438. The molecule has 11 heteroatoms. The number of amides is 2. The lowest BCUT2D eigenvalue weighted by Crippen LogP contribution is -2.34. The second-order valence-corrected chi connectivity index (χ2v) is 12.6. The van der Waals surface area contributed by atoms with Gasteiger partial charge in [-0.1, -0.05) is 0 Å². The number of carbonyl (C=O) groups excluding carboxylic acids is 2. The number of likely N-dealkylation sites (N-methyl/N-ethyl adjacent to an activating group) is 2. The van der Waals surface area contributed by atoms with Crippen molar-refractivity contribution in [1.82, 2.24) is 20.1 Å². The van der Waals surface area contributed by atoms with Crippen molar-refractivity contribution in [2.45, 2.75) is 25.7 Å². The Morgan fingerprint density at radius 2 is 2.02 bits per heavy atom. The third-order valence-corrected chi connectivity index (χ3v) is 9.93. The zero-order chi connectivity index (χ0) is 30.1. The van der Waals surface area contributed by atoms with Crippen molar-refractivity contribution in [1.29, 1.82) is 0 Å². The summed E-state index contributed by atoms with van der Waals surface area (Å²) in [7, 11) is 3.55. The molecule has 1 fully saturated rings. The van der Waals surface area contributed by atoms with Crippen molar-refractivity contribution in [3.8, 4) is 11.5 Å². The van der Waals surface area contributed by atoms with Crippen molar-refractivity contribution in [2.75, 3.05) is 70.8 Å². The van der Waals surface area contributed by atoms with E-state index in [0.717, 1.165) is 63.2 Å². The Balaban J connectivity index is 1.28. The van der Waals surface area contributed by atoms with Crippen LogP contribution in [0.5, 0.6) is 11.5 Å². The summed E-state index contributed by atoms with van der Waals surface area (Å²) in [5.74, 6) is 1.42. The summed E-state index contributed by atoms with van der Waals surface area (Å²) >= 11 is 8.03. The minimum Gasteiger partial charge on any atom is -0.492 e. The Morgan fingerprint density at radius 1 is 1.21 bits per heavy atom. The first kappa shape index (κ1) is 29.7. The first-order chi connectivity index (χ1) is 20.9. The summed E-state index contributed by atoms with van der Waals surface area (Å²) in [4.78, 5) is 36.0. The maximum atomic E-state index is 14.1. The average Bonchev–Trinajstić information content (AvgIpc) is 3.81. The van der Waals surface area contributed by atoms with Gasteiger partial charge in [0.2, 0.25) is 0 Å². The third kappa shape index (κ3) is 5.93. The molecule has 4 aromatic rings. The molecule has 9 nitrogen and oxygen atoms in total. The van der Waals surface area contributed by atoms with Gasteiger partial charge >= 0.3 is 6.09 Å². The number of halogens is 1. The van der Waals surface area contributed by atoms with Crippen LogP contribution in [-0.4, -0.2) is 92.6 Å². The molecule has 228 valence electrons. The number of aromatic amines is 1. The molecule has 0 spiro atoms. The molecule has 0 saturated carbocycles. The highest BCUT2D eigenvalue weighted by Gasteiger charge is 2.37. The maximum absolute atomic E-state index is 14.1. The van der Waals surface area contributed by atoms with Crippen LogP contribution in [0.15, 0.2) is 35.7 Å². The van der Waals surface area contributed by atoms with Crippen molar-refractivity contribution in [3.63, 3.8) is 0 Å². The number of nitrogens with one attached hydrogen (secondary N) is 2. The first-order valence-electron chi connectivity index (χ1n) is 14.9. The Kier molecular flexibility index (Phi) is 8.81. The van der Waals surface area contributed by atoms with Gasteiger partial charge in [-0.2, -0.15) is 0 Å². The van der Waals surface area contributed by atoms with Crippen LogP contribution in [0.1, 0.15) is 40.4 Å². The fourth-order valence-electron chi connectivity index (χ4n) is 6.10. The molecule has 2 amide bonds. The van der Waals surface area contributed by atoms with Crippen LogP contribution in [0.25, 0.3) is 21.0 Å². The van der Waals surface area contributed by atoms with E-state index in [0.29, 0.717) is 43.6 Å². The summed E-state index contributed by atoms with van der Waals surface area (Å²) in [6.07, 6.45) is 2.08. The number of ether oxygens (including phenoxy) is 2. The van der Waals surface area contributed by atoms with Crippen molar-refractivity contribution in [2.24, 2.45) is 0 Å². The number of nitrogens with zero attached hydrogens (tertiary/aromatic N) is 3.